The van der Waals surface area contributed by atoms with Crippen LogP contribution in [0.1, 0.15) is 45.9 Å². The topological polar surface area (TPSA) is 150 Å². The van der Waals surface area contributed by atoms with Crippen molar-refractivity contribution in [2.24, 2.45) is 5.73 Å². The van der Waals surface area contributed by atoms with Gasteiger partial charge in [-0.1, -0.05) is 97.1 Å². The molecule has 0 radical (unpaired) electrons. The largest absolute Gasteiger partial charge is 0.516 e. The summed E-state index contributed by atoms with van der Waals surface area (Å²) in [5, 5.41) is 11.0. The molecule has 50 heavy (non-hydrogen) atoms. The molecule has 0 aliphatic rings. The number of hydrogen-bond acceptors (Lipinski definition) is 9. The van der Waals surface area contributed by atoms with Gasteiger partial charge in [-0.2, -0.15) is 4.98 Å². The lowest BCUT2D eigenvalue weighted by Gasteiger charge is -2.30. The first-order valence-corrected chi connectivity index (χ1v) is 16.3. The normalized spacial score (nSPS) is 12.3. The maximum Gasteiger partial charge on any atom is 0.516 e. The van der Waals surface area contributed by atoms with Crippen LogP contribution in [0.5, 0.6) is 6.01 Å². The first kappa shape index (κ1) is 33.8. The molecule has 0 fully saturated rings. The number of likely N-dealkylation sites (N-methyl/N-ethyl adjacent to an activating group) is 1. The third kappa shape index (κ3) is 7.96. The van der Waals surface area contributed by atoms with Crippen LogP contribution in [0.25, 0.3) is 21.5 Å². The fourth-order valence-electron chi connectivity index (χ4n) is 5.88. The molecule has 1 aromatic heterocycles. The van der Waals surface area contributed by atoms with Gasteiger partial charge in [-0.15, -0.1) is 0 Å². The summed E-state index contributed by atoms with van der Waals surface area (Å²) in [6.45, 7) is 2.02. The van der Waals surface area contributed by atoms with Crippen molar-refractivity contribution >= 4 is 39.5 Å². The van der Waals surface area contributed by atoms with E-state index >= 15 is 0 Å². The van der Waals surface area contributed by atoms with Crippen LogP contribution in [0, 0.1) is 0 Å². The third-order valence-electron chi connectivity index (χ3n) is 8.49. The molecule has 2 atom stereocenters. The summed E-state index contributed by atoms with van der Waals surface area (Å²) in [6.07, 6.45) is -0.490. The molecule has 0 unspecified atom stereocenters. The van der Waals surface area contributed by atoms with Gasteiger partial charge in [0, 0.05) is 32.0 Å². The Kier molecular flexibility index (Phi) is 10.4. The molecule has 6 rings (SSSR count). The number of aromatic nitrogens is 2. The van der Waals surface area contributed by atoms with Gasteiger partial charge in [0.25, 0.3) is 11.8 Å². The molecule has 6 aromatic rings. The molecular weight excluding hydrogens is 634 g/mol. The molecule has 0 aliphatic carbocycles. The van der Waals surface area contributed by atoms with Crippen molar-refractivity contribution in [3.8, 4) is 6.01 Å². The number of nitrogens with zero attached hydrogens (tertiary/aromatic N) is 3. The van der Waals surface area contributed by atoms with E-state index in [1.165, 1.54) is 4.90 Å². The number of ether oxygens (including phenoxy) is 2. The van der Waals surface area contributed by atoms with Crippen LogP contribution < -0.4 is 15.8 Å². The molecule has 0 spiro atoms. The van der Waals surface area contributed by atoms with Gasteiger partial charge in [-0.05, 0) is 62.4 Å². The van der Waals surface area contributed by atoms with E-state index in [0.717, 1.165) is 38.2 Å². The van der Waals surface area contributed by atoms with Crippen LogP contribution in [0.4, 0.5) is 4.79 Å². The highest BCUT2D eigenvalue weighted by molar-refractivity contribution is 5.98. The lowest BCUT2D eigenvalue weighted by molar-refractivity contribution is -0.134. The summed E-state index contributed by atoms with van der Waals surface area (Å²) in [5.41, 5.74) is 8.77. The van der Waals surface area contributed by atoms with Gasteiger partial charge in [-0.3, -0.25) is 9.59 Å². The monoisotopic (exact) mass is 671 g/mol. The molecular formula is C39H37N5O6. The maximum atomic E-state index is 14.6. The lowest BCUT2D eigenvalue weighted by atomic mass is 9.98. The van der Waals surface area contributed by atoms with Crippen LogP contribution in [0.2, 0.25) is 0 Å². The highest BCUT2D eigenvalue weighted by Crippen LogP contribution is 2.28. The van der Waals surface area contributed by atoms with E-state index in [4.69, 9.17) is 19.7 Å². The summed E-state index contributed by atoms with van der Waals surface area (Å²) in [6, 6.07) is 32.7. The second-order valence-electron chi connectivity index (χ2n) is 11.9. The second-order valence-corrected chi connectivity index (χ2v) is 11.9. The summed E-state index contributed by atoms with van der Waals surface area (Å²) < 4.78 is 15.5. The van der Waals surface area contributed by atoms with Gasteiger partial charge in [0.1, 0.15) is 12.1 Å². The molecule has 2 amide bonds. The van der Waals surface area contributed by atoms with Crippen molar-refractivity contribution in [2.45, 2.75) is 38.4 Å². The zero-order valence-electron chi connectivity index (χ0n) is 27.7. The third-order valence-corrected chi connectivity index (χ3v) is 8.49. The van der Waals surface area contributed by atoms with E-state index in [1.807, 2.05) is 91.0 Å². The Morgan fingerprint density at radius 1 is 0.800 bits per heavy atom. The number of rotatable bonds is 12. The van der Waals surface area contributed by atoms with Crippen molar-refractivity contribution in [3.63, 3.8) is 0 Å². The molecule has 3 N–H and O–H groups in total. The molecule has 1 heterocycles. The minimum atomic E-state index is -0.979. The Balaban J connectivity index is 1.34. The number of fused-ring (bicyclic) bond motifs is 2. The van der Waals surface area contributed by atoms with Gasteiger partial charge < -0.3 is 29.9 Å². The van der Waals surface area contributed by atoms with Crippen molar-refractivity contribution in [2.75, 3.05) is 13.7 Å². The zero-order chi connectivity index (χ0) is 35.0. The fourth-order valence-corrected chi connectivity index (χ4v) is 5.88. The summed E-state index contributed by atoms with van der Waals surface area (Å²) in [4.78, 5) is 46.0. The van der Waals surface area contributed by atoms with Gasteiger partial charge in [-0.25, -0.2) is 4.79 Å². The first-order valence-electron chi connectivity index (χ1n) is 16.3. The molecule has 11 nitrogen and oxygen atoms in total. The standard InChI is InChI=1S/C39H37N5O6/c1-3-48-39(47)49-38-42-36(50-43-38)34(23-26-16-18-29-11-5-7-13-31(29)20-26)44(2)37(46)33(41-35(45)32-14-8-9-27(21-32)24-40)22-25-15-17-28-10-4-6-12-30(28)19-25/h4-21,33-34H,3,22-24,40H2,1-2H3,(H,41,45)/t33-,34-/m1/s1. The number of hydrogen-bond donors (Lipinski definition) is 2. The predicted molar refractivity (Wildman–Crippen MR) is 188 cm³/mol. The Bertz CT molecular complexity index is 2150. The minimum Gasteiger partial charge on any atom is -0.434 e. The average Bonchev–Trinajstić information content (AvgIpc) is 3.60. The minimum absolute atomic E-state index is 0.0414. The van der Waals surface area contributed by atoms with Crippen molar-refractivity contribution < 1.29 is 28.4 Å². The van der Waals surface area contributed by atoms with Gasteiger partial charge in [0.2, 0.25) is 5.91 Å². The number of nitrogens with one attached hydrogen (secondary N) is 1. The smallest absolute Gasteiger partial charge is 0.434 e. The zero-order valence-corrected chi connectivity index (χ0v) is 27.7. The highest BCUT2D eigenvalue weighted by atomic mass is 16.7. The number of nitrogens with two attached hydrogens (primary N) is 1. The fraction of sp³-hybridized carbons (Fsp3) is 0.205. The van der Waals surface area contributed by atoms with Gasteiger partial charge in [0.15, 0.2) is 0 Å². The molecule has 11 heteroatoms. The van der Waals surface area contributed by atoms with E-state index in [1.54, 1.807) is 32.2 Å². The Morgan fingerprint density at radius 2 is 1.44 bits per heavy atom. The Hall–Kier alpha value is -6.07. The molecule has 0 bridgehead atoms. The Labute approximate surface area is 289 Å². The van der Waals surface area contributed by atoms with E-state index < -0.39 is 30.1 Å². The van der Waals surface area contributed by atoms with E-state index in [2.05, 4.69) is 15.5 Å². The Morgan fingerprint density at radius 3 is 2.08 bits per heavy atom. The summed E-state index contributed by atoms with van der Waals surface area (Å²) in [5.74, 6) is -0.764. The highest BCUT2D eigenvalue weighted by Gasteiger charge is 2.33. The van der Waals surface area contributed by atoms with E-state index in [-0.39, 0.29) is 37.9 Å². The molecule has 254 valence electrons. The van der Waals surface area contributed by atoms with Gasteiger partial charge >= 0.3 is 12.2 Å². The average molecular weight is 672 g/mol. The van der Waals surface area contributed by atoms with E-state index in [0.29, 0.717) is 5.56 Å². The second kappa shape index (κ2) is 15.4. The number of amides is 2. The van der Waals surface area contributed by atoms with E-state index in [9.17, 15) is 14.4 Å². The molecule has 0 saturated carbocycles. The van der Waals surface area contributed by atoms with Crippen LogP contribution in [-0.4, -0.2) is 52.7 Å². The number of benzene rings is 5. The van der Waals surface area contributed by atoms with Crippen LogP contribution in [0.3, 0.4) is 0 Å². The van der Waals surface area contributed by atoms with Crippen LogP contribution in [0.15, 0.2) is 114 Å². The molecule has 0 saturated heterocycles. The predicted octanol–water partition coefficient (Wildman–Crippen LogP) is 6.15. The lowest BCUT2D eigenvalue weighted by Crippen LogP contribution is -2.49. The van der Waals surface area contributed by atoms with Crippen LogP contribution >= 0.6 is 0 Å². The quantitative estimate of drug-likeness (QED) is 0.146. The van der Waals surface area contributed by atoms with Gasteiger partial charge in [0.05, 0.1) is 6.61 Å². The first-order chi connectivity index (χ1) is 24.3. The number of carbonyl (C=O) groups is 3. The van der Waals surface area contributed by atoms with Crippen molar-refractivity contribution in [1.29, 1.82) is 0 Å². The van der Waals surface area contributed by atoms with Crippen molar-refractivity contribution in [3.05, 3.63) is 137 Å². The molecule has 0 aliphatic heterocycles. The molecule has 5 aromatic carbocycles. The maximum absolute atomic E-state index is 14.6. The summed E-state index contributed by atoms with van der Waals surface area (Å²) >= 11 is 0. The van der Waals surface area contributed by atoms with Crippen LogP contribution in [-0.2, 0) is 28.9 Å². The SMILES string of the molecule is CCOC(=O)Oc1noc([C@@H](Cc2ccc3ccccc3c2)N(C)C(=O)[C@@H](Cc2ccc3ccccc3c2)NC(=O)c2cccc(CN)c2)n1. The summed E-state index contributed by atoms with van der Waals surface area (Å²) in [7, 11) is 1.62. The van der Waals surface area contributed by atoms with Crippen molar-refractivity contribution in [1.82, 2.24) is 20.4 Å². The number of carbonyl (C=O) groups excluding carboxylic acids is 3.